The van der Waals surface area contributed by atoms with E-state index >= 15 is 0 Å². The molecule has 0 bridgehead atoms. The Hall–Kier alpha value is -1.92. The van der Waals surface area contributed by atoms with Crippen molar-refractivity contribution in [1.29, 1.82) is 0 Å². The number of benzene rings is 1. The van der Waals surface area contributed by atoms with Crippen LogP contribution in [0.1, 0.15) is 11.5 Å². The van der Waals surface area contributed by atoms with Gasteiger partial charge in [0.2, 0.25) is 5.91 Å². The highest BCUT2D eigenvalue weighted by atomic mass is 16.5. The average Bonchev–Trinajstić information content (AvgIpc) is 2.83. The average molecular weight is 278 g/mol. The number of methoxy groups -OCH3 is 1. The summed E-state index contributed by atoms with van der Waals surface area (Å²) in [5.41, 5.74) is 1.39. The van der Waals surface area contributed by atoms with Crippen molar-refractivity contribution in [3.8, 4) is 0 Å². The lowest BCUT2D eigenvalue weighted by Crippen LogP contribution is -2.39. The molecular weight excluding hydrogens is 260 g/mol. The molecule has 6 heteroatoms. The van der Waals surface area contributed by atoms with Gasteiger partial charge < -0.3 is 20.1 Å². The number of ether oxygens (including phenoxy) is 1. The number of carbonyl (C=O) groups excluding carboxylic acids is 1. The van der Waals surface area contributed by atoms with Crippen LogP contribution in [0.5, 0.6) is 0 Å². The van der Waals surface area contributed by atoms with E-state index in [0.717, 1.165) is 0 Å². The summed E-state index contributed by atoms with van der Waals surface area (Å²) in [7, 11) is 1.59. The molecule has 1 atom stereocenters. The van der Waals surface area contributed by atoms with Gasteiger partial charge in [-0.2, -0.15) is 0 Å². The molecule has 2 N–H and O–H groups in total. The number of carboxylic acid groups (broad SMARTS) is 1. The zero-order valence-corrected chi connectivity index (χ0v) is 11.3. The summed E-state index contributed by atoms with van der Waals surface area (Å²) >= 11 is 0. The van der Waals surface area contributed by atoms with Gasteiger partial charge in [-0.15, -0.1) is 0 Å². The zero-order chi connectivity index (χ0) is 14.5. The molecular formula is C14H18N2O4. The number of hydrogen-bond acceptors (Lipinski definition) is 4. The SMILES string of the molecule is COCCNCC(=O)N1CC(C(=O)O)c2ccccc21. The van der Waals surface area contributed by atoms with Gasteiger partial charge in [0.15, 0.2) is 0 Å². The molecule has 1 heterocycles. The molecule has 1 aromatic rings. The van der Waals surface area contributed by atoms with Crippen LogP contribution < -0.4 is 10.2 Å². The summed E-state index contributed by atoms with van der Waals surface area (Å²) in [6.45, 7) is 1.48. The van der Waals surface area contributed by atoms with Gasteiger partial charge in [-0.1, -0.05) is 18.2 Å². The molecule has 1 aromatic carbocycles. The first-order valence-electron chi connectivity index (χ1n) is 6.47. The number of nitrogens with one attached hydrogen (secondary N) is 1. The van der Waals surface area contributed by atoms with Gasteiger partial charge in [0, 0.05) is 25.9 Å². The number of anilines is 1. The van der Waals surface area contributed by atoms with Crippen molar-refractivity contribution in [3.63, 3.8) is 0 Å². The van der Waals surface area contributed by atoms with Crippen LogP contribution >= 0.6 is 0 Å². The van der Waals surface area contributed by atoms with E-state index in [1.807, 2.05) is 6.07 Å². The van der Waals surface area contributed by atoms with Crippen molar-refractivity contribution in [1.82, 2.24) is 5.32 Å². The minimum absolute atomic E-state index is 0.127. The van der Waals surface area contributed by atoms with Gasteiger partial charge >= 0.3 is 5.97 Å². The summed E-state index contributed by atoms with van der Waals surface area (Å²) < 4.78 is 4.89. The summed E-state index contributed by atoms with van der Waals surface area (Å²) in [5, 5.41) is 12.2. The van der Waals surface area contributed by atoms with Gasteiger partial charge in [0.25, 0.3) is 0 Å². The van der Waals surface area contributed by atoms with Crippen LogP contribution in [0, 0.1) is 0 Å². The first-order chi connectivity index (χ1) is 9.65. The molecule has 0 aliphatic carbocycles. The maximum Gasteiger partial charge on any atom is 0.312 e. The summed E-state index contributed by atoms with van der Waals surface area (Å²) in [6, 6.07) is 7.15. The van der Waals surface area contributed by atoms with Gasteiger partial charge in [-0.3, -0.25) is 9.59 Å². The molecule has 1 unspecified atom stereocenters. The van der Waals surface area contributed by atoms with E-state index < -0.39 is 11.9 Å². The third kappa shape index (κ3) is 2.97. The highest BCUT2D eigenvalue weighted by Crippen LogP contribution is 2.36. The number of fused-ring (bicyclic) bond motifs is 1. The van der Waals surface area contributed by atoms with E-state index in [-0.39, 0.29) is 19.0 Å². The van der Waals surface area contributed by atoms with Crippen molar-refractivity contribution < 1.29 is 19.4 Å². The van der Waals surface area contributed by atoms with Crippen molar-refractivity contribution in [2.24, 2.45) is 0 Å². The monoisotopic (exact) mass is 278 g/mol. The van der Waals surface area contributed by atoms with E-state index in [2.05, 4.69) is 5.32 Å². The molecule has 0 spiro atoms. The second kappa shape index (κ2) is 6.49. The molecule has 108 valence electrons. The molecule has 0 radical (unpaired) electrons. The number of carboxylic acids is 1. The number of amides is 1. The quantitative estimate of drug-likeness (QED) is 0.738. The van der Waals surface area contributed by atoms with Crippen molar-refractivity contribution in [2.45, 2.75) is 5.92 Å². The van der Waals surface area contributed by atoms with Crippen LogP contribution in [0.25, 0.3) is 0 Å². The van der Waals surface area contributed by atoms with E-state index in [0.29, 0.717) is 24.4 Å². The third-order valence-corrected chi connectivity index (χ3v) is 3.33. The lowest BCUT2D eigenvalue weighted by atomic mass is 10.0. The molecule has 0 fully saturated rings. The fourth-order valence-electron chi connectivity index (χ4n) is 2.32. The molecule has 0 saturated heterocycles. The smallest absolute Gasteiger partial charge is 0.312 e. The van der Waals surface area contributed by atoms with E-state index in [9.17, 15) is 14.7 Å². The standard InChI is InChI=1S/C14H18N2O4/c1-20-7-6-15-8-13(17)16-9-11(14(18)19)10-4-2-3-5-12(10)16/h2-5,11,15H,6-9H2,1H3,(H,18,19). The highest BCUT2D eigenvalue weighted by molar-refractivity contribution is 5.99. The number of aliphatic carboxylic acids is 1. The molecule has 2 rings (SSSR count). The normalized spacial score (nSPS) is 17.1. The summed E-state index contributed by atoms with van der Waals surface area (Å²) in [6.07, 6.45) is 0. The Kier molecular flexibility index (Phi) is 4.70. The topological polar surface area (TPSA) is 78.9 Å². The molecule has 1 aliphatic rings. The van der Waals surface area contributed by atoms with Gasteiger partial charge in [-0.05, 0) is 11.6 Å². The summed E-state index contributed by atoms with van der Waals surface area (Å²) in [4.78, 5) is 25.0. The van der Waals surface area contributed by atoms with Crippen LogP contribution in [0.15, 0.2) is 24.3 Å². The Balaban J connectivity index is 2.06. The van der Waals surface area contributed by atoms with Crippen molar-refractivity contribution in [3.05, 3.63) is 29.8 Å². The van der Waals surface area contributed by atoms with Crippen LogP contribution in [0.4, 0.5) is 5.69 Å². The maximum absolute atomic E-state index is 12.2. The fraction of sp³-hybridized carbons (Fsp3) is 0.429. The number of nitrogens with zero attached hydrogens (tertiary/aromatic N) is 1. The maximum atomic E-state index is 12.2. The number of carbonyl (C=O) groups is 2. The van der Waals surface area contributed by atoms with E-state index in [1.165, 1.54) is 4.90 Å². The minimum Gasteiger partial charge on any atom is -0.481 e. The van der Waals surface area contributed by atoms with Crippen LogP contribution in [0.3, 0.4) is 0 Å². The van der Waals surface area contributed by atoms with Crippen molar-refractivity contribution in [2.75, 3.05) is 38.3 Å². The predicted molar refractivity (Wildman–Crippen MR) is 73.9 cm³/mol. The molecule has 20 heavy (non-hydrogen) atoms. The minimum atomic E-state index is -0.903. The Morgan fingerprint density at radius 2 is 2.20 bits per heavy atom. The highest BCUT2D eigenvalue weighted by Gasteiger charge is 2.35. The second-order valence-electron chi connectivity index (χ2n) is 4.62. The predicted octanol–water partition coefficient (Wildman–Crippen LogP) is 0.437. The van der Waals surface area contributed by atoms with Crippen LogP contribution in [0.2, 0.25) is 0 Å². The van der Waals surface area contributed by atoms with Crippen molar-refractivity contribution >= 4 is 17.6 Å². The van der Waals surface area contributed by atoms with Gasteiger partial charge in [0.1, 0.15) is 5.92 Å². The summed E-state index contributed by atoms with van der Waals surface area (Å²) in [5.74, 6) is -1.67. The molecule has 1 aliphatic heterocycles. The number of hydrogen-bond donors (Lipinski definition) is 2. The largest absolute Gasteiger partial charge is 0.481 e. The second-order valence-corrected chi connectivity index (χ2v) is 4.62. The lowest BCUT2D eigenvalue weighted by Gasteiger charge is -2.17. The fourth-order valence-corrected chi connectivity index (χ4v) is 2.32. The van der Waals surface area contributed by atoms with Crippen LogP contribution in [-0.2, 0) is 14.3 Å². The Bertz CT molecular complexity index is 504. The van der Waals surface area contributed by atoms with Crippen LogP contribution in [-0.4, -0.2) is 50.3 Å². The number of rotatable bonds is 6. The lowest BCUT2D eigenvalue weighted by molar-refractivity contribution is -0.138. The zero-order valence-electron chi connectivity index (χ0n) is 11.3. The third-order valence-electron chi connectivity index (χ3n) is 3.33. The van der Waals surface area contributed by atoms with Gasteiger partial charge in [-0.25, -0.2) is 0 Å². The first kappa shape index (κ1) is 14.5. The Morgan fingerprint density at radius 3 is 2.90 bits per heavy atom. The van der Waals surface area contributed by atoms with E-state index in [1.54, 1.807) is 25.3 Å². The van der Waals surface area contributed by atoms with E-state index in [4.69, 9.17) is 4.74 Å². The molecule has 0 saturated carbocycles. The Morgan fingerprint density at radius 1 is 1.45 bits per heavy atom. The molecule has 0 aromatic heterocycles. The van der Waals surface area contributed by atoms with Gasteiger partial charge in [0.05, 0.1) is 13.2 Å². The molecule has 1 amide bonds. The number of para-hydroxylation sites is 1. The first-order valence-corrected chi connectivity index (χ1v) is 6.47. The molecule has 6 nitrogen and oxygen atoms in total. The Labute approximate surface area is 117 Å².